The molecule has 28 heavy (non-hydrogen) atoms. The number of rotatable bonds is 10. The molecular weight excluding hydrogens is 368 g/mol. The highest BCUT2D eigenvalue weighted by Gasteiger charge is 2.25. The molecule has 2 unspecified atom stereocenters. The summed E-state index contributed by atoms with van der Waals surface area (Å²) < 4.78 is 0. The number of aliphatic carboxylic acids is 4. The fraction of sp³-hybridized carbons (Fsp3) is 0.300. The summed E-state index contributed by atoms with van der Waals surface area (Å²) in [6.45, 7) is 0. The van der Waals surface area contributed by atoms with Crippen LogP contribution in [0.4, 0.5) is 0 Å². The van der Waals surface area contributed by atoms with Crippen LogP contribution in [0.3, 0.4) is 0 Å². The molecule has 0 radical (unpaired) electrons. The molecular formula is C20H20O8. The first-order chi connectivity index (χ1) is 13.2. The van der Waals surface area contributed by atoms with E-state index in [4.69, 9.17) is 10.2 Å². The van der Waals surface area contributed by atoms with Gasteiger partial charge < -0.3 is 20.4 Å². The average Bonchev–Trinajstić information content (AvgIpc) is 2.61. The Balaban J connectivity index is 2.41. The Morgan fingerprint density at radius 3 is 1.29 bits per heavy atom. The van der Waals surface area contributed by atoms with Crippen LogP contribution < -0.4 is 0 Å². The van der Waals surface area contributed by atoms with Gasteiger partial charge in [0, 0.05) is 0 Å². The van der Waals surface area contributed by atoms with E-state index < -0.39 is 48.6 Å². The van der Waals surface area contributed by atoms with Crippen molar-refractivity contribution >= 4 is 34.6 Å². The maximum Gasteiger partial charge on any atom is 0.307 e. The Morgan fingerprint density at radius 2 is 1.00 bits per heavy atom. The van der Waals surface area contributed by atoms with Crippen molar-refractivity contribution in [1.82, 2.24) is 0 Å². The van der Waals surface area contributed by atoms with Crippen molar-refractivity contribution in [3.05, 3.63) is 47.5 Å². The molecule has 0 heterocycles. The summed E-state index contributed by atoms with van der Waals surface area (Å²) in [5, 5.41) is 37.8. The second-order valence-electron chi connectivity index (χ2n) is 6.60. The molecule has 2 aromatic carbocycles. The molecule has 0 aliphatic rings. The summed E-state index contributed by atoms with van der Waals surface area (Å²) in [7, 11) is 0. The fourth-order valence-corrected chi connectivity index (χ4v) is 3.23. The lowest BCUT2D eigenvalue weighted by Crippen LogP contribution is -2.21. The van der Waals surface area contributed by atoms with Crippen molar-refractivity contribution in [2.24, 2.45) is 11.8 Å². The van der Waals surface area contributed by atoms with Gasteiger partial charge in [-0.3, -0.25) is 19.2 Å². The second-order valence-corrected chi connectivity index (χ2v) is 6.60. The first-order valence-electron chi connectivity index (χ1n) is 8.57. The molecule has 4 N–H and O–H groups in total. The Morgan fingerprint density at radius 1 is 0.643 bits per heavy atom. The van der Waals surface area contributed by atoms with Gasteiger partial charge in [0.15, 0.2) is 0 Å². The van der Waals surface area contributed by atoms with Crippen molar-refractivity contribution in [1.29, 1.82) is 0 Å². The Kier molecular flexibility index (Phi) is 6.70. The number of carboxylic acids is 4. The summed E-state index contributed by atoms with van der Waals surface area (Å²) in [6, 6.07) is 10.3. The monoisotopic (exact) mass is 388 g/mol. The van der Waals surface area contributed by atoms with E-state index in [0.717, 1.165) is 0 Å². The molecule has 8 heteroatoms. The van der Waals surface area contributed by atoms with Gasteiger partial charge in [-0.05, 0) is 34.7 Å². The van der Waals surface area contributed by atoms with Gasteiger partial charge in [0.05, 0.1) is 24.7 Å². The molecule has 0 bridgehead atoms. The molecule has 8 nitrogen and oxygen atoms in total. The van der Waals surface area contributed by atoms with E-state index in [2.05, 4.69) is 0 Å². The molecule has 2 rings (SSSR count). The average molecular weight is 388 g/mol. The van der Waals surface area contributed by atoms with Crippen molar-refractivity contribution < 1.29 is 39.6 Å². The number of fused-ring (bicyclic) bond motifs is 1. The minimum absolute atomic E-state index is 0.0138. The van der Waals surface area contributed by atoms with Gasteiger partial charge in [-0.15, -0.1) is 0 Å². The van der Waals surface area contributed by atoms with Gasteiger partial charge in [-0.25, -0.2) is 0 Å². The van der Waals surface area contributed by atoms with E-state index in [1.54, 1.807) is 36.4 Å². The van der Waals surface area contributed by atoms with E-state index in [1.807, 2.05) is 0 Å². The summed E-state index contributed by atoms with van der Waals surface area (Å²) in [6.07, 6.45) is -0.990. The number of hydrogen-bond acceptors (Lipinski definition) is 4. The van der Waals surface area contributed by atoms with E-state index in [1.165, 1.54) is 0 Å². The van der Waals surface area contributed by atoms with Gasteiger partial charge in [0.2, 0.25) is 0 Å². The molecule has 0 spiro atoms. The second kappa shape index (κ2) is 8.98. The predicted octanol–water partition coefficient (Wildman–Crippen LogP) is 2.28. The first kappa shape index (κ1) is 20.9. The van der Waals surface area contributed by atoms with Gasteiger partial charge in [0.1, 0.15) is 0 Å². The lowest BCUT2D eigenvalue weighted by atomic mass is 9.88. The zero-order valence-corrected chi connectivity index (χ0v) is 14.9. The van der Waals surface area contributed by atoms with Crippen LogP contribution in [0, 0.1) is 11.8 Å². The van der Waals surface area contributed by atoms with Crippen LogP contribution in [0.1, 0.15) is 24.0 Å². The number of carbonyl (C=O) groups is 4. The summed E-state index contributed by atoms with van der Waals surface area (Å²) >= 11 is 0. The highest BCUT2D eigenvalue weighted by molar-refractivity contribution is 5.90. The van der Waals surface area contributed by atoms with Crippen LogP contribution in [0.2, 0.25) is 0 Å². The molecule has 2 atom stereocenters. The fourth-order valence-electron chi connectivity index (χ4n) is 3.23. The van der Waals surface area contributed by atoms with Crippen LogP contribution in [0.5, 0.6) is 0 Å². The quantitative estimate of drug-likeness (QED) is 0.484. The topological polar surface area (TPSA) is 149 Å². The number of carboxylic acid groups (broad SMARTS) is 4. The molecule has 0 saturated heterocycles. The molecule has 0 aromatic heterocycles. The largest absolute Gasteiger partial charge is 0.481 e. The van der Waals surface area contributed by atoms with E-state index in [-0.39, 0.29) is 12.8 Å². The highest BCUT2D eigenvalue weighted by atomic mass is 16.4. The molecule has 0 aliphatic heterocycles. The van der Waals surface area contributed by atoms with Crippen LogP contribution in [0.15, 0.2) is 36.4 Å². The third-order valence-electron chi connectivity index (χ3n) is 4.58. The van der Waals surface area contributed by atoms with Crippen molar-refractivity contribution in [3.8, 4) is 0 Å². The van der Waals surface area contributed by atoms with Crippen molar-refractivity contribution in [2.75, 3.05) is 0 Å². The first-order valence-corrected chi connectivity index (χ1v) is 8.57. The van der Waals surface area contributed by atoms with Crippen LogP contribution in [0.25, 0.3) is 10.8 Å². The van der Waals surface area contributed by atoms with Crippen LogP contribution >= 0.6 is 0 Å². The number of benzene rings is 2. The normalized spacial score (nSPS) is 13.0. The molecule has 148 valence electrons. The van der Waals surface area contributed by atoms with Gasteiger partial charge in [-0.1, -0.05) is 36.4 Å². The lowest BCUT2D eigenvalue weighted by Gasteiger charge is -2.16. The predicted molar refractivity (Wildman–Crippen MR) is 98.1 cm³/mol. The minimum atomic E-state index is -1.21. The van der Waals surface area contributed by atoms with Crippen molar-refractivity contribution in [3.63, 3.8) is 0 Å². The maximum atomic E-state index is 11.4. The molecule has 0 saturated carbocycles. The Labute approximate surface area is 160 Å². The van der Waals surface area contributed by atoms with E-state index >= 15 is 0 Å². The highest BCUT2D eigenvalue weighted by Crippen LogP contribution is 2.28. The van der Waals surface area contributed by atoms with Gasteiger partial charge in [0.25, 0.3) is 0 Å². The Bertz CT molecular complexity index is 843. The molecule has 0 aliphatic carbocycles. The lowest BCUT2D eigenvalue weighted by molar-refractivity contribution is -0.148. The summed E-state index contributed by atoms with van der Waals surface area (Å²) in [4.78, 5) is 44.6. The third-order valence-corrected chi connectivity index (χ3v) is 4.58. The zero-order chi connectivity index (χ0) is 20.8. The molecule has 2 aromatic rings. The van der Waals surface area contributed by atoms with Crippen molar-refractivity contribution in [2.45, 2.75) is 25.7 Å². The van der Waals surface area contributed by atoms with Crippen LogP contribution in [-0.2, 0) is 32.0 Å². The van der Waals surface area contributed by atoms with E-state index in [0.29, 0.717) is 21.9 Å². The van der Waals surface area contributed by atoms with Gasteiger partial charge >= 0.3 is 23.9 Å². The third kappa shape index (κ3) is 5.29. The molecule has 0 fully saturated rings. The van der Waals surface area contributed by atoms with Crippen LogP contribution in [-0.4, -0.2) is 44.3 Å². The SMILES string of the molecule is O=C(O)CC(Cc1ccc(CC(CC(=O)O)C(=O)O)c2ccccc12)C(=O)O. The smallest absolute Gasteiger partial charge is 0.307 e. The standard InChI is InChI=1S/C20H20O8/c21-17(22)9-13(19(25)26)7-11-5-6-12(16-4-2-1-3-15(11)16)8-14(20(27)28)10-18(23)24/h1-6,13-14H,7-10H2,(H,21,22)(H,23,24)(H,25,26)(H,27,28). The van der Waals surface area contributed by atoms with E-state index in [9.17, 15) is 29.4 Å². The number of hydrogen-bond donors (Lipinski definition) is 4. The van der Waals surface area contributed by atoms with Gasteiger partial charge in [-0.2, -0.15) is 0 Å². The maximum absolute atomic E-state index is 11.4. The molecule has 0 amide bonds. The Hall–Kier alpha value is -3.42. The minimum Gasteiger partial charge on any atom is -0.481 e. The zero-order valence-electron chi connectivity index (χ0n) is 14.9. The summed E-state index contributed by atoms with van der Waals surface area (Å²) in [5.74, 6) is -7.00. The summed E-state index contributed by atoms with van der Waals surface area (Å²) in [5.41, 5.74) is 1.27.